The molecule has 3 fully saturated rings. The summed E-state index contributed by atoms with van der Waals surface area (Å²) in [4.78, 5) is 20.9. The zero-order valence-electron chi connectivity index (χ0n) is 18.5. The fraction of sp³-hybridized carbons (Fsp3) is 0.522. The third-order valence-electron chi connectivity index (χ3n) is 6.83. The first-order chi connectivity index (χ1) is 16.2. The standard InChI is InChI=1S/C23H26F4N6O/c1-2-16(13-5-8-17(29-10-13)23(25,26)27)33-21-19(20(32-33)12-3-4-12)22(34)31-18(30-21)9-15-7-6-14(24)11-28-15/h5-8,10-12,16,18-21,30,32H,2-4,9H2,1H3,(H,31,34)/t16-,18?,19?,20?,21?/m1/s1. The molecule has 0 spiro atoms. The van der Waals surface area contributed by atoms with E-state index in [1.807, 2.05) is 11.9 Å². The number of hydrogen-bond donors (Lipinski definition) is 3. The van der Waals surface area contributed by atoms with Crippen LogP contribution in [0.15, 0.2) is 36.7 Å². The highest BCUT2D eigenvalue weighted by atomic mass is 19.4. The van der Waals surface area contributed by atoms with Crippen LogP contribution in [-0.4, -0.2) is 39.3 Å². The van der Waals surface area contributed by atoms with Crippen molar-refractivity contribution in [3.8, 4) is 0 Å². The molecule has 1 aliphatic carbocycles. The van der Waals surface area contributed by atoms with Gasteiger partial charge in [0.15, 0.2) is 0 Å². The van der Waals surface area contributed by atoms with E-state index < -0.39 is 23.9 Å². The number of carbonyl (C=O) groups is 1. The minimum atomic E-state index is -4.50. The fourth-order valence-electron chi connectivity index (χ4n) is 5.06. The van der Waals surface area contributed by atoms with E-state index in [0.717, 1.165) is 25.1 Å². The molecule has 3 aliphatic rings. The van der Waals surface area contributed by atoms with Crippen LogP contribution in [0, 0.1) is 17.7 Å². The molecule has 2 saturated heterocycles. The van der Waals surface area contributed by atoms with Crippen LogP contribution in [0.3, 0.4) is 0 Å². The van der Waals surface area contributed by atoms with Crippen molar-refractivity contribution in [2.45, 2.75) is 63.2 Å². The van der Waals surface area contributed by atoms with Crippen LogP contribution in [0.4, 0.5) is 17.6 Å². The highest BCUT2D eigenvalue weighted by Crippen LogP contribution is 2.43. The van der Waals surface area contributed by atoms with Gasteiger partial charge in [-0.15, -0.1) is 0 Å². The van der Waals surface area contributed by atoms with E-state index in [0.29, 0.717) is 30.0 Å². The number of amides is 1. The monoisotopic (exact) mass is 478 g/mol. The van der Waals surface area contributed by atoms with Gasteiger partial charge < -0.3 is 5.32 Å². The van der Waals surface area contributed by atoms with Gasteiger partial charge in [-0.25, -0.2) is 14.8 Å². The van der Waals surface area contributed by atoms with Crippen LogP contribution in [0.5, 0.6) is 0 Å². The predicted molar refractivity (Wildman–Crippen MR) is 114 cm³/mol. The Hall–Kier alpha value is -2.63. The normalized spacial score (nSPS) is 28.4. The number of fused-ring (bicyclic) bond motifs is 1. The summed E-state index contributed by atoms with van der Waals surface area (Å²) in [6.07, 6.45) is 0.158. The second kappa shape index (κ2) is 8.86. The summed E-state index contributed by atoms with van der Waals surface area (Å²) in [6.45, 7) is 1.95. The first-order valence-electron chi connectivity index (χ1n) is 11.5. The Labute approximate surface area is 194 Å². The number of hydrazine groups is 1. The van der Waals surface area contributed by atoms with E-state index in [9.17, 15) is 22.4 Å². The number of carbonyl (C=O) groups excluding carboxylic acids is 1. The quantitative estimate of drug-likeness (QED) is 0.554. The van der Waals surface area contributed by atoms with Crippen LogP contribution >= 0.6 is 0 Å². The molecule has 5 rings (SSSR count). The number of hydrogen-bond acceptors (Lipinski definition) is 6. The summed E-state index contributed by atoms with van der Waals surface area (Å²) in [7, 11) is 0. The largest absolute Gasteiger partial charge is 0.433 e. The third kappa shape index (κ3) is 4.51. The first kappa shape index (κ1) is 23.1. The topological polar surface area (TPSA) is 82.2 Å². The second-order valence-corrected chi connectivity index (χ2v) is 9.17. The van der Waals surface area contributed by atoms with Gasteiger partial charge in [-0.1, -0.05) is 13.0 Å². The molecule has 0 bridgehead atoms. The molecule has 1 amide bonds. The lowest BCUT2D eigenvalue weighted by molar-refractivity contribution is -0.141. The van der Waals surface area contributed by atoms with E-state index in [-0.39, 0.29) is 30.1 Å². The lowest BCUT2D eigenvalue weighted by Crippen LogP contribution is -2.65. The molecule has 2 aromatic rings. The number of halogens is 4. The minimum Gasteiger partial charge on any atom is -0.340 e. The molecular weight excluding hydrogens is 452 g/mol. The van der Waals surface area contributed by atoms with Crippen LogP contribution in [0.25, 0.3) is 0 Å². The summed E-state index contributed by atoms with van der Waals surface area (Å²) in [5, 5.41) is 8.48. The Balaban J connectivity index is 1.40. The Bertz CT molecular complexity index is 1030. The molecule has 34 heavy (non-hydrogen) atoms. The Morgan fingerprint density at radius 2 is 1.94 bits per heavy atom. The maximum absolute atomic E-state index is 13.2. The van der Waals surface area contributed by atoms with Crippen molar-refractivity contribution >= 4 is 5.91 Å². The summed E-state index contributed by atoms with van der Waals surface area (Å²) in [5.74, 6) is -0.480. The van der Waals surface area contributed by atoms with Gasteiger partial charge in [-0.2, -0.15) is 13.2 Å². The number of nitrogens with zero attached hydrogens (tertiary/aromatic N) is 3. The van der Waals surface area contributed by atoms with E-state index in [1.54, 1.807) is 6.07 Å². The van der Waals surface area contributed by atoms with Crippen molar-refractivity contribution in [3.63, 3.8) is 0 Å². The fourth-order valence-corrected chi connectivity index (χ4v) is 5.06. The minimum absolute atomic E-state index is 0.0566. The summed E-state index contributed by atoms with van der Waals surface area (Å²) in [6, 6.07) is 5.01. The van der Waals surface area contributed by atoms with Gasteiger partial charge in [0.25, 0.3) is 0 Å². The molecule has 0 radical (unpaired) electrons. The van der Waals surface area contributed by atoms with E-state index in [2.05, 4.69) is 26.0 Å². The number of pyridine rings is 2. The van der Waals surface area contributed by atoms with Crippen molar-refractivity contribution in [2.24, 2.45) is 11.8 Å². The van der Waals surface area contributed by atoms with Gasteiger partial charge in [0, 0.05) is 24.4 Å². The number of aromatic nitrogens is 2. The lowest BCUT2D eigenvalue weighted by Gasteiger charge is -2.39. The van der Waals surface area contributed by atoms with Crippen LogP contribution in [0.2, 0.25) is 0 Å². The first-order valence-corrected chi connectivity index (χ1v) is 11.5. The molecule has 2 aromatic heterocycles. The average molecular weight is 478 g/mol. The molecule has 7 nitrogen and oxygen atoms in total. The Morgan fingerprint density at radius 1 is 1.15 bits per heavy atom. The van der Waals surface area contributed by atoms with E-state index in [4.69, 9.17) is 0 Å². The van der Waals surface area contributed by atoms with Gasteiger partial charge in [-0.05, 0) is 48.9 Å². The third-order valence-corrected chi connectivity index (χ3v) is 6.83. The molecule has 5 atom stereocenters. The van der Waals surface area contributed by atoms with Gasteiger partial charge in [0.1, 0.15) is 11.5 Å². The highest BCUT2D eigenvalue weighted by Gasteiger charge is 2.55. The summed E-state index contributed by atoms with van der Waals surface area (Å²) >= 11 is 0. The van der Waals surface area contributed by atoms with E-state index in [1.165, 1.54) is 18.3 Å². The summed E-state index contributed by atoms with van der Waals surface area (Å²) in [5.41, 5.74) is 3.85. The molecule has 3 N–H and O–H groups in total. The Morgan fingerprint density at radius 3 is 2.53 bits per heavy atom. The van der Waals surface area contributed by atoms with Crippen LogP contribution in [0.1, 0.15) is 49.2 Å². The lowest BCUT2D eigenvalue weighted by atomic mass is 9.91. The maximum atomic E-state index is 13.2. The molecule has 182 valence electrons. The number of alkyl halides is 3. The second-order valence-electron chi connectivity index (χ2n) is 9.17. The summed E-state index contributed by atoms with van der Waals surface area (Å²) < 4.78 is 52.2. The molecular formula is C23H26F4N6O. The van der Waals surface area contributed by atoms with E-state index >= 15 is 0 Å². The highest BCUT2D eigenvalue weighted by molar-refractivity contribution is 5.81. The molecule has 0 aromatic carbocycles. The zero-order valence-corrected chi connectivity index (χ0v) is 18.5. The van der Waals surface area contributed by atoms with Crippen molar-refractivity contribution in [1.82, 2.24) is 31.0 Å². The zero-order chi connectivity index (χ0) is 24.0. The van der Waals surface area contributed by atoms with Crippen molar-refractivity contribution in [2.75, 3.05) is 0 Å². The van der Waals surface area contributed by atoms with Crippen LogP contribution in [-0.2, 0) is 17.4 Å². The average Bonchev–Trinajstić information content (AvgIpc) is 3.57. The molecule has 2 aliphatic heterocycles. The smallest absolute Gasteiger partial charge is 0.340 e. The molecule has 1 saturated carbocycles. The molecule has 4 heterocycles. The van der Waals surface area contributed by atoms with Crippen molar-refractivity contribution in [3.05, 3.63) is 59.4 Å². The Kier molecular flexibility index (Phi) is 6.03. The van der Waals surface area contributed by atoms with Gasteiger partial charge in [0.05, 0.1) is 30.5 Å². The van der Waals surface area contributed by atoms with Crippen LogP contribution < -0.4 is 16.1 Å². The van der Waals surface area contributed by atoms with Gasteiger partial charge >= 0.3 is 6.18 Å². The molecule has 4 unspecified atom stereocenters. The molecule has 11 heteroatoms. The van der Waals surface area contributed by atoms with Crippen molar-refractivity contribution < 1.29 is 22.4 Å². The van der Waals surface area contributed by atoms with Crippen molar-refractivity contribution in [1.29, 1.82) is 0 Å². The number of nitrogens with one attached hydrogen (secondary N) is 3. The van der Waals surface area contributed by atoms with Gasteiger partial charge in [0.2, 0.25) is 5.91 Å². The van der Waals surface area contributed by atoms with Gasteiger partial charge in [-0.3, -0.25) is 20.1 Å². The maximum Gasteiger partial charge on any atom is 0.433 e. The number of rotatable bonds is 6. The SMILES string of the molecule is CC[C@H](c1ccc(C(F)(F)F)nc1)N1NC(C2CC2)C2C(=O)NC(Cc3ccc(F)cn3)NC21. The predicted octanol–water partition coefficient (Wildman–Crippen LogP) is 2.91.